The van der Waals surface area contributed by atoms with Gasteiger partial charge >= 0.3 is 0 Å². The molecule has 1 amide bonds. The Morgan fingerprint density at radius 3 is 1.90 bits per heavy atom. The molecule has 0 unspecified atom stereocenters. The van der Waals surface area contributed by atoms with Crippen LogP contribution < -0.4 is 38.7 Å². The van der Waals surface area contributed by atoms with E-state index in [2.05, 4.69) is 38.7 Å². The van der Waals surface area contributed by atoms with Gasteiger partial charge in [0.25, 0.3) is 0 Å². The van der Waals surface area contributed by atoms with Crippen LogP contribution in [0.25, 0.3) is 0 Å². The van der Waals surface area contributed by atoms with Crippen LogP contribution in [0.1, 0.15) is 0 Å². The molecule has 1 rings (SSSR count). The van der Waals surface area contributed by atoms with Crippen molar-refractivity contribution in [1.29, 1.82) is 0 Å². The summed E-state index contributed by atoms with van der Waals surface area (Å²) in [5.41, 5.74) is 16.9. The minimum absolute atomic E-state index is 0.522. The first-order valence-electron chi connectivity index (χ1n) is 2.44. The van der Waals surface area contributed by atoms with Crippen LogP contribution in [0.2, 0.25) is 0 Å². The van der Waals surface area contributed by atoms with Gasteiger partial charge in [-0.25, -0.2) is 0 Å². The van der Waals surface area contributed by atoms with Crippen molar-refractivity contribution in [3.8, 4) is 0 Å². The van der Waals surface area contributed by atoms with E-state index < -0.39 is 0 Å². The van der Waals surface area contributed by atoms with Gasteiger partial charge in [-0.3, -0.25) is 4.79 Å². The predicted molar refractivity (Wildman–Crippen MR) is 29.9 cm³/mol. The summed E-state index contributed by atoms with van der Waals surface area (Å²) in [6, 6.07) is 0. The van der Waals surface area contributed by atoms with Crippen LogP contribution in [-0.4, -0.2) is 11.5 Å². The standard InChI is InChI=1S/CH8N8O/c10-1-9-7-5-3-2-4-6-8-9/h1-8H. The molecule has 1 saturated heterocycles. The Balaban J connectivity index is 2.22. The number of amides is 1. The van der Waals surface area contributed by atoms with E-state index in [9.17, 15) is 4.79 Å². The summed E-state index contributed by atoms with van der Waals surface area (Å²) in [7, 11) is 0. The Morgan fingerprint density at radius 1 is 0.900 bits per heavy atom. The second-order valence-corrected chi connectivity index (χ2v) is 1.32. The molecule has 9 heteroatoms. The number of carbonyl (C=O) groups excluding carboxylic acids is 1. The average Bonchev–Trinajstić information content (AvgIpc) is 1.87. The SMILES string of the molecule is O=CN1NNNNNNN1. The van der Waals surface area contributed by atoms with E-state index in [0.29, 0.717) is 6.41 Å². The molecule has 0 spiro atoms. The lowest BCUT2D eigenvalue weighted by molar-refractivity contribution is -0.130. The van der Waals surface area contributed by atoms with Crippen molar-refractivity contribution < 1.29 is 4.79 Å². The van der Waals surface area contributed by atoms with Crippen molar-refractivity contribution >= 4 is 6.41 Å². The van der Waals surface area contributed by atoms with Crippen LogP contribution in [0.4, 0.5) is 0 Å². The molecule has 1 fully saturated rings. The van der Waals surface area contributed by atoms with Crippen LogP contribution in [0.5, 0.6) is 0 Å². The van der Waals surface area contributed by atoms with Crippen LogP contribution >= 0.6 is 0 Å². The zero-order chi connectivity index (χ0) is 7.23. The van der Waals surface area contributed by atoms with E-state index in [1.54, 1.807) is 0 Å². The van der Waals surface area contributed by atoms with Crippen molar-refractivity contribution in [3.05, 3.63) is 0 Å². The molecule has 0 atom stereocenters. The Labute approximate surface area is 56.3 Å². The van der Waals surface area contributed by atoms with Gasteiger partial charge in [-0.05, 0) is 0 Å². The quantitative estimate of drug-likeness (QED) is 0.188. The van der Waals surface area contributed by atoms with Gasteiger partial charge in [0, 0.05) is 0 Å². The molecule has 58 valence electrons. The average molecular weight is 148 g/mol. The summed E-state index contributed by atoms with van der Waals surface area (Å²) in [6.45, 7) is 0. The van der Waals surface area contributed by atoms with Crippen LogP contribution in [0.15, 0.2) is 0 Å². The van der Waals surface area contributed by atoms with E-state index in [0.717, 1.165) is 5.12 Å². The number of hydrogen-bond acceptors (Lipinski definition) is 8. The van der Waals surface area contributed by atoms with Gasteiger partial charge in [0.05, 0.1) is 0 Å². The Morgan fingerprint density at radius 2 is 1.40 bits per heavy atom. The largest absolute Gasteiger partial charge is 0.276 e. The number of nitrogens with zero attached hydrogens (tertiary/aromatic N) is 1. The molecular formula is CH8N8O. The van der Waals surface area contributed by atoms with Crippen LogP contribution in [0, 0.1) is 0 Å². The summed E-state index contributed by atoms with van der Waals surface area (Å²) in [5, 5.41) is 1.00. The first-order chi connectivity index (χ1) is 4.93. The third kappa shape index (κ3) is 2.20. The molecule has 0 saturated carbocycles. The molecule has 0 aromatic carbocycles. The molecule has 0 aromatic rings. The number of hydrazine groups is 8. The molecule has 10 heavy (non-hydrogen) atoms. The molecule has 0 radical (unpaired) electrons. The highest BCUT2D eigenvalue weighted by molar-refractivity contribution is 5.44. The molecule has 0 bridgehead atoms. The number of carbonyl (C=O) groups is 1. The summed E-state index contributed by atoms with van der Waals surface area (Å²) >= 11 is 0. The maximum atomic E-state index is 10.1. The molecule has 7 N–H and O–H groups in total. The van der Waals surface area contributed by atoms with Gasteiger partial charge in [0.15, 0.2) is 0 Å². The normalized spacial score (nSPS) is 21.4. The van der Waals surface area contributed by atoms with Gasteiger partial charge in [-0.2, -0.15) is 32.8 Å². The molecule has 1 heterocycles. The van der Waals surface area contributed by atoms with Crippen molar-refractivity contribution in [3.63, 3.8) is 0 Å². The summed E-state index contributed by atoms with van der Waals surface area (Å²) in [5.74, 6) is 0. The second kappa shape index (κ2) is 4.08. The topological polar surface area (TPSA) is 105 Å². The fourth-order valence-corrected chi connectivity index (χ4v) is 0.351. The Kier molecular flexibility index (Phi) is 2.98. The fraction of sp³-hybridized carbons (Fsp3) is 0. The minimum Gasteiger partial charge on any atom is -0.276 e. The second-order valence-electron chi connectivity index (χ2n) is 1.32. The van der Waals surface area contributed by atoms with Gasteiger partial charge < -0.3 is 0 Å². The van der Waals surface area contributed by atoms with Crippen LogP contribution in [-0.2, 0) is 4.79 Å². The molecule has 9 nitrogen and oxygen atoms in total. The molecule has 0 aromatic heterocycles. The monoisotopic (exact) mass is 148 g/mol. The summed E-state index contributed by atoms with van der Waals surface area (Å²) < 4.78 is 0. The van der Waals surface area contributed by atoms with Gasteiger partial charge in [-0.1, -0.05) is 0 Å². The first kappa shape index (κ1) is 7.30. The van der Waals surface area contributed by atoms with E-state index in [4.69, 9.17) is 0 Å². The number of rotatable bonds is 1. The highest BCUT2D eigenvalue weighted by Gasteiger charge is 1.98. The number of hydrogen-bond donors (Lipinski definition) is 7. The smallest absolute Gasteiger partial charge is 0.241 e. The van der Waals surface area contributed by atoms with Crippen molar-refractivity contribution in [2.75, 3.05) is 0 Å². The molecule has 0 aliphatic carbocycles. The molecule has 1 aliphatic heterocycles. The van der Waals surface area contributed by atoms with E-state index in [1.165, 1.54) is 0 Å². The van der Waals surface area contributed by atoms with E-state index >= 15 is 0 Å². The maximum Gasteiger partial charge on any atom is 0.241 e. The van der Waals surface area contributed by atoms with Crippen LogP contribution in [0.3, 0.4) is 0 Å². The maximum absolute atomic E-state index is 10.1. The third-order valence-corrected chi connectivity index (χ3v) is 0.708. The zero-order valence-electron chi connectivity index (χ0n) is 4.93. The fourth-order valence-electron chi connectivity index (χ4n) is 0.351. The highest BCUT2D eigenvalue weighted by atomic mass is 16.2. The third-order valence-electron chi connectivity index (χ3n) is 0.708. The number of nitrogens with one attached hydrogen (secondary N) is 7. The lowest BCUT2D eigenvalue weighted by atomic mass is 11.3. The van der Waals surface area contributed by atoms with Crippen molar-refractivity contribution in [1.82, 2.24) is 43.9 Å². The van der Waals surface area contributed by atoms with Crippen molar-refractivity contribution in [2.45, 2.75) is 0 Å². The predicted octanol–water partition coefficient (Wildman–Crippen LogP) is -4.09. The lowest BCUT2D eigenvalue weighted by Gasteiger charge is -2.23. The van der Waals surface area contributed by atoms with Gasteiger partial charge in [0.2, 0.25) is 6.41 Å². The summed E-state index contributed by atoms with van der Waals surface area (Å²) in [6.07, 6.45) is 0.522. The Bertz CT molecular complexity index is 95.4. The van der Waals surface area contributed by atoms with E-state index in [1.807, 2.05) is 0 Å². The summed E-state index contributed by atoms with van der Waals surface area (Å²) in [4.78, 5) is 10.1. The highest BCUT2D eigenvalue weighted by Crippen LogP contribution is 1.56. The molecule has 1 aliphatic rings. The van der Waals surface area contributed by atoms with Gasteiger partial charge in [-0.15, -0.1) is 11.1 Å². The molecular weight excluding hydrogens is 140 g/mol. The lowest BCUT2D eigenvalue weighted by Crippen LogP contribution is -2.72. The van der Waals surface area contributed by atoms with Crippen molar-refractivity contribution in [2.24, 2.45) is 0 Å². The zero-order valence-corrected chi connectivity index (χ0v) is 4.93. The Hall–Kier alpha value is -0.810. The van der Waals surface area contributed by atoms with Gasteiger partial charge in [0.1, 0.15) is 0 Å². The van der Waals surface area contributed by atoms with E-state index in [-0.39, 0.29) is 0 Å². The minimum atomic E-state index is 0.522. The first-order valence-corrected chi connectivity index (χ1v) is 2.44.